The van der Waals surface area contributed by atoms with E-state index >= 15 is 0 Å². The van der Waals surface area contributed by atoms with Crippen LogP contribution in [0.2, 0.25) is 0 Å². The molecule has 0 fully saturated rings. The first kappa shape index (κ1) is 20.9. The van der Waals surface area contributed by atoms with Gasteiger partial charge in [-0.1, -0.05) is 0 Å². The van der Waals surface area contributed by atoms with Crippen molar-refractivity contribution in [2.24, 2.45) is 11.8 Å². The highest BCUT2D eigenvalue weighted by Gasteiger charge is 2.48. The zero-order chi connectivity index (χ0) is 22.3. The Bertz CT molecular complexity index is 948. The standard InChI is InChI=1S/C20H16N2O8/c1-7(23)21-5-13(25)15-17(27)9-3-11-12(4-10(9)18(15)28)20(30)16(19(11)29)14(26)6-22-8(2)24/h3-4,15-16H,5-6H2,1-2H3,(H,21,23)(H,22,24). The molecule has 154 valence electrons. The monoisotopic (exact) mass is 412 g/mol. The van der Waals surface area contributed by atoms with Crippen LogP contribution in [0.3, 0.4) is 0 Å². The van der Waals surface area contributed by atoms with E-state index in [-0.39, 0.29) is 22.3 Å². The van der Waals surface area contributed by atoms with E-state index in [0.717, 1.165) is 12.1 Å². The second kappa shape index (κ2) is 7.54. The molecule has 10 heteroatoms. The summed E-state index contributed by atoms with van der Waals surface area (Å²) >= 11 is 0. The summed E-state index contributed by atoms with van der Waals surface area (Å²) in [4.78, 5) is 96.8. The predicted molar refractivity (Wildman–Crippen MR) is 98.1 cm³/mol. The number of fused-ring (bicyclic) bond motifs is 2. The zero-order valence-corrected chi connectivity index (χ0v) is 16.0. The maximum absolute atomic E-state index is 12.6. The summed E-state index contributed by atoms with van der Waals surface area (Å²) < 4.78 is 0. The Morgan fingerprint density at radius 3 is 1.13 bits per heavy atom. The Hall–Kier alpha value is -3.82. The van der Waals surface area contributed by atoms with Gasteiger partial charge < -0.3 is 10.6 Å². The van der Waals surface area contributed by atoms with Gasteiger partial charge in [0.25, 0.3) is 0 Å². The normalized spacial score (nSPS) is 15.8. The zero-order valence-electron chi connectivity index (χ0n) is 16.0. The highest BCUT2D eigenvalue weighted by molar-refractivity contribution is 6.40. The lowest BCUT2D eigenvalue weighted by atomic mass is 9.97. The minimum atomic E-state index is -1.66. The van der Waals surface area contributed by atoms with Crippen LogP contribution >= 0.6 is 0 Å². The highest BCUT2D eigenvalue weighted by Crippen LogP contribution is 2.35. The molecule has 1 aromatic rings. The van der Waals surface area contributed by atoms with Gasteiger partial charge in [-0.3, -0.25) is 38.4 Å². The fourth-order valence-electron chi connectivity index (χ4n) is 3.49. The summed E-state index contributed by atoms with van der Waals surface area (Å²) in [7, 11) is 0. The molecule has 0 bridgehead atoms. The molecular formula is C20H16N2O8. The Morgan fingerprint density at radius 1 is 0.633 bits per heavy atom. The Balaban J connectivity index is 1.91. The number of nitrogens with one attached hydrogen (secondary N) is 2. The van der Waals surface area contributed by atoms with E-state index in [4.69, 9.17) is 0 Å². The summed E-state index contributed by atoms with van der Waals surface area (Å²) in [6.45, 7) is 1.32. The van der Waals surface area contributed by atoms with Crippen LogP contribution in [-0.2, 0) is 19.2 Å². The third-order valence-electron chi connectivity index (χ3n) is 4.94. The van der Waals surface area contributed by atoms with E-state index in [1.54, 1.807) is 0 Å². The molecule has 0 saturated carbocycles. The highest BCUT2D eigenvalue weighted by atomic mass is 16.2. The lowest BCUT2D eigenvalue weighted by Crippen LogP contribution is -2.36. The second-order valence-corrected chi connectivity index (χ2v) is 7.02. The van der Waals surface area contributed by atoms with Gasteiger partial charge in [-0.15, -0.1) is 0 Å². The maximum Gasteiger partial charge on any atom is 0.217 e. The minimum Gasteiger partial charge on any atom is -0.349 e. The molecule has 0 atom stereocenters. The number of amides is 2. The van der Waals surface area contributed by atoms with E-state index in [2.05, 4.69) is 10.6 Å². The van der Waals surface area contributed by atoms with Gasteiger partial charge in [0.1, 0.15) is 11.8 Å². The van der Waals surface area contributed by atoms with Crippen LogP contribution in [0, 0.1) is 11.8 Å². The van der Waals surface area contributed by atoms with Crippen LogP contribution in [0.4, 0.5) is 0 Å². The lowest BCUT2D eigenvalue weighted by molar-refractivity contribution is -0.124. The SMILES string of the molecule is CC(=O)NCC(=O)C1C(=O)c2cc3c(cc2C1=O)C(=O)C(C(=O)CNC(C)=O)C3=O. The smallest absolute Gasteiger partial charge is 0.217 e. The van der Waals surface area contributed by atoms with Crippen LogP contribution < -0.4 is 10.6 Å². The molecule has 2 aliphatic carbocycles. The molecule has 0 aliphatic heterocycles. The molecule has 2 N–H and O–H groups in total. The van der Waals surface area contributed by atoms with Crippen LogP contribution in [0.5, 0.6) is 0 Å². The Morgan fingerprint density at radius 2 is 0.900 bits per heavy atom. The van der Waals surface area contributed by atoms with Crippen molar-refractivity contribution in [3.8, 4) is 0 Å². The molecule has 2 aliphatic rings. The van der Waals surface area contributed by atoms with Crippen molar-refractivity contribution in [2.45, 2.75) is 13.8 Å². The summed E-state index contributed by atoms with van der Waals surface area (Å²) in [5.74, 6) is -9.28. The Labute approximate surface area is 169 Å². The van der Waals surface area contributed by atoms with Gasteiger partial charge in [0.15, 0.2) is 34.7 Å². The molecule has 0 radical (unpaired) electrons. The molecule has 2 amide bonds. The number of rotatable bonds is 6. The van der Waals surface area contributed by atoms with Crippen molar-refractivity contribution in [2.75, 3.05) is 13.1 Å². The number of benzene rings is 1. The first-order chi connectivity index (χ1) is 14.0. The average molecular weight is 412 g/mol. The molecule has 0 spiro atoms. The van der Waals surface area contributed by atoms with Crippen LogP contribution in [0.1, 0.15) is 55.3 Å². The number of Topliss-reactive ketones (excluding diaryl/α,β-unsaturated/α-hetero) is 6. The van der Waals surface area contributed by atoms with Gasteiger partial charge in [0, 0.05) is 36.1 Å². The number of hydrogen-bond acceptors (Lipinski definition) is 8. The van der Waals surface area contributed by atoms with Gasteiger partial charge in [0.2, 0.25) is 11.8 Å². The van der Waals surface area contributed by atoms with Crippen molar-refractivity contribution < 1.29 is 38.4 Å². The van der Waals surface area contributed by atoms with Gasteiger partial charge >= 0.3 is 0 Å². The summed E-state index contributed by atoms with van der Waals surface area (Å²) in [5, 5.41) is 4.44. The summed E-state index contributed by atoms with van der Waals surface area (Å²) in [6, 6.07) is 2.12. The molecule has 0 saturated heterocycles. The van der Waals surface area contributed by atoms with Crippen LogP contribution in [0.15, 0.2) is 12.1 Å². The second-order valence-electron chi connectivity index (χ2n) is 7.02. The molecule has 0 unspecified atom stereocenters. The van der Waals surface area contributed by atoms with Gasteiger partial charge in [-0.2, -0.15) is 0 Å². The largest absolute Gasteiger partial charge is 0.349 e. The number of carbonyl (C=O) groups is 8. The fraction of sp³-hybridized carbons (Fsp3) is 0.300. The number of hydrogen-bond donors (Lipinski definition) is 2. The van der Waals surface area contributed by atoms with Crippen molar-refractivity contribution >= 4 is 46.5 Å². The molecule has 3 rings (SSSR count). The molecule has 10 nitrogen and oxygen atoms in total. The van der Waals surface area contributed by atoms with Crippen molar-refractivity contribution in [1.82, 2.24) is 10.6 Å². The summed E-state index contributed by atoms with van der Waals surface area (Å²) in [5.41, 5.74) is -0.737. The van der Waals surface area contributed by atoms with E-state index in [9.17, 15) is 38.4 Å². The molecule has 0 aromatic heterocycles. The fourth-order valence-corrected chi connectivity index (χ4v) is 3.49. The van der Waals surface area contributed by atoms with Crippen molar-refractivity contribution in [1.29, 1.82) is 0 Å². The molecule has 1 aromatic carbocycles. The first-order valence-electron chi connectivity index (χ1n) is 8.93. The first-order valence-corrected chi connectivity index (χ1v) is 8.93. The average Bonchev–Trinajstić information content (AvgIpc) is 3.07. The third kappa shape index (κ3) is 3.36. The van der Waals surface area contributed by atoms with E-state index in [1.807, 2.05) is 0 Å². The van der Waals surface area contributed by atoms with E-state index in [1.165, 1.54) is 13.8 Å². The van der Waals surface area contributed by atoms with Gasteiger partial charge in [-0.05, 0) is 12.1 Å². The van der Waals surface area contributed by atoms with E-state index < -0.39 is 71.4 Å². The van der Waals surface area contributed by atoms with Gasteiger partial charge in [-0.25, -0.2) is 0 Å². The quantitative estimate of drug-likeness (QED) is 0.568. The lowest BCUT2D eigenvalue weighted by Gasteiger charge is -2.06. The third-order valence-corrected chi connectivity index (χ3v) is 4.94. The predicted octanol–water partition coefficient (Wildman–Crippen LogP) is -0.913. The number of ketones is 6. The van der Waals surface area contributed by atoms with Gasteiger partial charge in [0.05, 0.1) is 13.1 Å². The van der Waals surface area contributed by atoms with E-state index in [0.29, 0.717) is 0 Å². The summed E-state index contributed by atoms with van der Waals surface area (Å²) in [6.07, 6.45) is 0. The minimum absolute atomic E-state index is 0.184. The topological polar surface area (TPSA) is 161 Å². The van der Waals surface area contributed by atoms with Crippen LogP contribution in [-0.4, -0.2) is 59.6 Å². The van der Waals surface area contributed by atoms with Crippen molar-refractivity contribution in [3.05, 3.63) is 34.4 Å². The molecular weight excluding hydrogens is 396 g/mol. The van der Waals surface area contributed by atoms with Crippen LogP contribution in [0.25, 0.3) is 0 Å². The van der Waals surface area contributed by atoms with Crippen molar-refractivity contribution in [3.63, 3.8) is 0 Å². The number of carbonyl (C=O) groups excluding carboxylic acids is 8. The molecule has 0 heterocycles. The Kier molecular flexibility index (Phi) is 5.26. The maximum atomic E-state index is 12.6. The molecule has 30 heavy (non-hydrogen) atoms.